The van der Waals surface area contributed by atoms with Crippen LogP contribution in [0.25, 0.3) is 10.9 Å². The molecule has 0 bridgehead atoms. The SMILES string of the molecule is CNCCCN(C)c1ccc2nc(C)ccc2c1. The van der Waals surface area contributed by atoms with E-state index in [0.717, 1.165) is 30.7 Å². The van der Waals surface area contributed by atoms with Crippen molar-refractivity contribution in [2.75, 3.05) is 32.1 Å². The normalized spacial score (nSPS) is 10.8. The van der Waals surface area contributed by atoms with Crippen molar-refractivity contribution in [1.29, 1.82) is 0 Å². The molecular weight excluding hydrogens is 222 g/mol. The van der Waals surface area contributed by atoms with Gasteiger partial charge >= 0.3 is 0 Å². The number of rotatable bonds is 5. The number of hydrogen-bond donors (Lipinski definition) is 1. The number of aromatic nitrogens is 1. The Morgan fingerprint density at radius 3 is 2.83 bits per heavy atom. The maximum absolute atomic E-state index is 4.52. The van der Waals surface area contributed by atoms with Crippen LogP contribution in [0, 0.1) is 6.92 Å². The molecular formula is C15H21N3. The second kappa shape index (κ2) is 5.83. The van der Waals surface area contributed by atoms with Crippen molar-refractivity contribution in [2.24, 2.45) is 0 Å². The van der Waals surface area contributed by atoms with Crippen LogP contribution >= 0.6 is 0 Å². The van der Waals surface area contributed by atoms with Gasteiger partial charge in [-0.15, -0.1) is 0 Å². The topological polar surface area (TPSA) is 28.2 Å². The molecule has 0 saturated carbocycles. The minimum Gasteiger partial charge on any atom is -0.375 e. The van der Waals surface area contributed by atoms with Crippen LogP contribution in [0.15, 0.2) is 30.3 Å². The Bertz CT molecular complexity index is 522. The number of nitrogens with zero attached hydrogens (tertiary/aromatic N) is 2. The average Bonchev–Trinajstić information content (AvgIpc) is 2.38. The lowest BCUT2D eigenvalue weighted by Crippen LogP contribution is -2.22. The summed E-state index contributed by atoms with van der Waals surface area (Å²) in [7, 11) is 4.13. The van der Waals surface area contributed by atoms with Crippen molar-refractivity contribution in [1.82, 2.24) is 10.3 Å². The summed E-state index contributed by atoms with van der Waals surface area (Å²) in [5, 5.41) is 4.38. The van der Waals surface area contributed by atoms with Gasteiger partial charge in [-0.1, -0.05) is 6.07 Å². The fourth-order valence-electron chi connectivity index (χ4n) is 2.07. The Hall–Kier alpha value is -1.61. The van der Waals surface area contributed by atoms with E-state index >= 15 is 0 Å². The number of fused-ring (bicyclic) bond motifs is 1. The minimum absolute atomic E-state index is 1.05. The fourth-order valence-corrected chi connectivity index (χ4v) is 2.07. The number of aryl methyl sites for hydroxylation is 1. The lowest BCUT2D eigenvalue weighted by Gasteiger charge is -2.19. The molecule has 0 aliphatic rings. The molecule has 96 valence electrons. The Morgan fingerprint density at radius 1 is 1.22 bits per heavy atom. The maximum Gasteiger partial charge on any atom is 0.0706 e. The molecule has 1 aromatic heterocycles. The molecule has 0 unspecified atom stereocenters. The van der Waals surface area contributed by atoms with Crippen molar-refractivity contribution < 1.29 is 0 Å². The molecule has 0 fully saturated rings. The predicted molar refractivity (Wildman–Crippen MR) is 78.3 cm³/mol. The van der Waals surface area contributed by atoms with Crippen LogP contribution in [0.1, 0.15) is 12.1 Å². The summed E-state index contributed by atoms with van der Waals surface area (Å²) >= 11 is 0. The Balaban J connectivity index is 2.16. The smallest absolute Gasteiger partial charge is 0.0706 e. The minimum atomic E-state index is 1.05. The number of pyridine rings is 1. The monoisotopic (exact) mass is 243 g/mol. The summed E-state index contributed by atoms with van der Waals surface area (Å²) in [5.41, 5.74) is 3.39. The van der Waals surface area contributed by atoms with E-state index in [9.17, 15) is 0 Å². The number of nitrogens with one attached hydrogen (secondary N) is 1. The van der Waals surface area contributed by atoms with E-state index in [1.807, 2.05) is 14.0 Å². The van der Waals surface area contributed by atoms with Crippen molar-refractivity contribution >= 4 is 16.6 Å². The highest BCUT2D eigenvalue weighted by molar-refractivity contribution is 5.82. The van der Waals surface area contributed by atoms with Crippen molar-refractivity contribution in [2.45, 2.75) is 13.3 Å². The van der Waals surface area contributed by atoms with Gasteiger partial charge in [-0.3, -0.25) is 4.98 Å². The molecule has 0 saturated heterocycles. The van der Waals surface area contributed by atoms with Gasteiger partial charge in [-0.05, 0) is 51.2 Å². The Kier molecular flexibility index (Phi) is 4.15. The second-order valence-corrected chi connectivity index (χ2v) is 4.71. The van der Waals surface area contributed by atoms with Crippen molar-refractivity contribution in [3.8, 4) is 0 Å². The zero-order valence-electron chi connectivity index (χ0n) is 11.4. The molecule has 2 rings (SSSR count). The lowest BCUT2D eigenvalue weighted by molar-refractivity contribution is 0.713. The summed E-state index contributed by atoms with van der Waals surface area (Å²) in [4.78, 5) is 6.81. The standard InChI is InChI=1S/C15H21N3/c1-12-5-6-13-11-14(7-8-15(13)17-12)18(3)10-4-9-16-2/h5-8,11,16H,4,9-10H2,1-3H3. The highest BCUT2D eigenvalue weighted by Crippen LogP contribution is 2.20. The van der Waals surface area contributed by atoms with Gasteiger partial charge in [-0.2, -0.15) is 0 Å². The number of anilines is 1. The van der Waals surface area contributed by atoms with Gasteiger partial charge in [0.2, 0.25) is 0 Å². The summed E-state index contributed by atoms with van der Waals surface area (Å²) in [6.45, 7) is 4.14. The van der Waals surface area contributed by atoms with Crippen LogP contribution in [0.4, 0.5) is 5.69 Å². The third-order valence-electron chi connectivity index (χ3n) is 3.17. The van der Waals surface area contributed by atoms with Crippen LogP contribution in [-0.4, -0.2) is 32.2 Å². The highest BCUT2D eigenvalue weighted by atomic mass is 15.1. The quantitative estimate of drug-likeness (QED) is 0.818. The zero-order valence-corrected chi connectivity index (χ0v) is 11.4. The van der Waals surface area contributed by atoms with Gasteiger partial charge in [0, 0.05) is 30.4 Å². The van der Waals surface area contributed by atoms with Crippen LogP contribution in [0.2, 0.25) is 0 Å². The summed E-state index contributed by atoms with van der Waals surface area (Å²) in [6, 6.07) is 10.7. The van der Waals surface area contributed by atoms with Crippen molar-refractivity contribution in [3.05, 3.63) is 36.0 Å². The molecule has 3 heteroatoms. The van der Waals surface area contributed by atoms with E-state index in [0.29, 0.717) is 0 Å². The predicted octanol–water partition coefficient (Wildman–Crippen LogP) is 2.59. The average molecular weight is 243 g/mol. The summed E-state index contributed by atoms with van der Waals surface area (Å²) in [6.07, 6.45) is 1.15. The van der Waals surface area contributed by atoms with E-state index in [-0.39, 0.29) is 0 Å². The molecule has 1 N–H and O–H groups in total. The van der Waals surface area contributed by atoms with Gasteiger partial charge in [-0.25, -0.2) is 0 Å². The molecule has 0 spiro atoms. The third kappa shape index (κ3) is 2.99. The molecule has 1 aromatic carbocycles. The van der Waals surface area contributed by atoms with E-state index in [2.05, 4.69) is 52.6 Å². The molecule has 0 radical (unpaired) electrons. The van der Waals surface area contributed by atoms with Gasteiger partial charge in [0.25, 0.3) is 0 Å². The molecule has 18 heavy (non-hydrogen) atoms. The Morgan fingerprint density at radius 2 is 2.06 bits per heavy atom. The van der Waals surface area contributed by atoms with Crippen LogP contribution in [0.3, 0.4) is 0 Å². The second-order valence-electron chi connectivity index (χ2n) is 4.71. The summed E-state index contributed by atoms with van der Waals surface area (Å²) < 4.78 is 0. The highest BCUT2D eigenvalue weighted by Gasteiger charge is 2.02. The number of hydrogen-bond acceptors (Lipinski definition) is 3. The molecule has 1 heterocycles. The number of benzene rings is 1. The van der Waals surface area contributed by atoms with E-state index in [1.165, 1.54) is 11.1 Å². The molecule has 0 amide bonds. The van der Waals surface area contributed by atoms with E-state index in [1.54, 1.807) is 0 Å². The first-order chi connectivity index (χ1) is 8.70. The fraction of sp³-hybridized carbons (Fsp3) is 0.400. The molecule has 3 nitrogen and oxygen atoms in total. The molecule has 0 aliphatic heterocycles. The van der Waals surface area contributed by atoms with Crippen LogP contribution in [-0.2, 0) is 0 Å². The van der Waals surface area contributed by atoms with Gasteiger partial charge < -0.3 is 10.2 Å². The van der Waals surface area contributed by atoms with Gasteiger partial charge in [0.15, 0.2) is 0 Å². The van der Waals surface area contributed by atoms with E-state index < -0.39 is 0 Å². The Labute approximate surface area is 109 Å². The van der Waals surface area contributed by atoms with Gasteiger partial charge in [0.1, 0.15) is 0 Å². The zero-order chi connectivity index (χ0) is 13.0. The van der Waals surface area contributed by atoms with Gasteiger partial charge in [0.05, 0.1) is 5.52 Å². The van der Waals surface area contributed by atoms with E-state index in [4.69, 9.17) is 0 Å². The third-order valence-corrected chi connectivity index (χ3v) is 3.17. The van der Waals surface area contributed by atoms with Crippen LogP contribution in [0.5, 0.6) is 0 Å². The first kappa shape index (κ1) is 12.8. The molecule has 0 aliphatic carbocycles. The summed E-state index contributed by atoms with van der Waals surface area (Å²) in [5.74, 6) is 0. The lowest BCUT2D eigenvalue weighted by atomic mass is 10.1. The first-order valence-corrected chi connectivity index (χ1v) is 6.44. The van der Waals surface area contributed by atoms with Crippen molar-refractivity contribution in [3.63, 3.8) is 0 Å². The largest absolute Gasteiger partial charge is 0.375 e. The first-order valence-electron chi connectivity index (χ1n) is 6.44. The van der Waals surface area contributed by atoms with Crippen LogP contribution < -0.4 is 10.2 Å². The molecule has 0 atom stereocenters. The maximum atomic E-state index is 4.52. The molecule has 2 aromatic rings.